The van der Waals surface area contributed by atoms with E-state index >= 15 is 0 Å². The van der Waals surface area contributed by atoms with Crippen molar-refractivity contribution in [3.05, 3.63) is 75.5 Å². The second-order valence-electron chi connectivity index (χ2n) is 6.44. The molecule has 0 fully saturated rings. The van der Waals surface area contributed by atoms with Gasteiger partial charge in [-0.3, -0.25) is 25.0 Å². The quantitative estimate of drug-likeness (QED) is 0.262. The monoisotopic (exact) mass is 472 g/mol. The number of carbonyl (C=O) groups is 2. The first-order valence-corrected chi connectivity index (χ1v) is 10.1. The van der Waals surface area contributed by atoms with E-state index < -0.39 is 10.8 Å². The number of para-hydroxylation sites is 1. The number of hydrogen-bond acceptors (Lipinski definition) is 6. The Balaban J connectivity index is 1.70. The Hall–Kier alpha value is -3.76. The highest BCUT2D eigenvalue weighted by molar-refractivity contribution is 7.80. The molecule has 0 unspecified atom stereocenters. The van der Waals surface area contributed by atoms with Crippen molar-refractivity contribution >= 4 is 57.8 Å². The van der Waals surface area contributed by atoms with Crippen LogP contribution in [0.15, 0.2) is 59.0 Å². The molecular formula is C21H17ClN4O5S. The van der Waals surface area contributed by atoms with Crippen molar-refractivity contribution < 1.29 is 18.9 Å². The van der Waals surface area contributed by atoms with Crippen LogP contribution in [-0.2, 0) is 4.79 Å². The molecule has 2 aromatic carbocycles. The van der Waals surface area contributed by atoms with E-state index in [1.54, 1.807) is 31.2 Å². The van der Waals surface area contributed by atoms with Gasteiger partial charge in [0, 0.05) is 18.2 Å². The predicted octanol–water partition coefficient (Wildman–Crippen LogP) is 4.98. The van der Waals surface area contributed by atoms with E-state index in [1.165, 1.54) is 30.3 Å². The Bertz CT molecular complexity index is 1210. The topological polar surface area (TPSA) is 127 Å². The lowest BCUT2D eigenvalue weighted by atomic mass is 10.1. The molecule has 32 heavy (non-hydrogen) atoms. The highest BCUT2D eigenvalue weighted by Crippen LogP contribution is 2.31. The molecule has 0 aliphatic carbocycles. The summed E-state index contributed by atoms with van der Waals surface area (Å²) >= 11 is 11.3. The van der Waals surface area contributed by atoms with Gasteiger partial charge >= 0.3 is 0 Å². The first-order chi connectivity index (χ1) is 15.3. The molecule has 0 aliphatic heterocycles. The van der Waals surface area contributed by atoms with Crippen molar-refractivity contribution in [3.8, 4) is 11.3 Å². The summed E-state index contributed by atoms with van der Waals surface area (Å²) in [5, 5.41) is 19.4. The molecule has 0 atom stereocenters. The number of rotatable bonds is 6. The zero-order valence-electron chi connectivity index (χ0n) is 16.7. The molecular weight excluding hydrogens is 456 g/mol. The minimum atomic E-state index is -0.654. The molecule has 11 heteroatoms. The van der Waals surface area contributed by atoms with Gasteiger partial charge in [0.05, 0.1) is 21.2 Å². The maximum Gasteiger partial charge on any atom is 0.293 e. The number of anilines is 2. The zero-order chi connectivity index (χ0) is 23.3. The van der Waals surface area contributed by atoms with E-state index in [0.717, 1.165) is 0 Å². The number of amides is 2. The fraction of sp³-hybridized carbons (Fsp3) is 0.0952. The van der Waals surface area contributed by atoms with Gasteiger partial charge in [0.25, 0.3) is 11.6 Å². The lowest BCUT2D eigenvalue weighted by molar-refractivity contribution is -0.384. The SMILES string of the molecule is CCC(=O)Nc1ccc(Cl)c(NC(=S)NC(=O)c2ccc(-c3ccccc3[N+](=O)[O-])o2)c1. The number of nitro groups is 1. The summed E-state index contributed by atoms with van der Waals surface area (Å²) in [4.78, 5) is 34.7. The van der Waals surface area contributed by atoms with Crippen LogP contribution in [0.4, 0.5) is 17.1 Å². The summed E-state index contributed by atoms with van der Waals surface area (Å²) in [7, 11) is 0. The summed E-state index contributed by atoms with van der Waals surface area (Å²) in [6, 6.07) is 13.7. The molecule has 0 spiro atoms. The molecule has 3 aromatic rings. The number of hydrogen-bond donors (Lipinski definition) is 3. The predicted molar refractivity (Wildman–Crippen MR) is 125 cm³/mol. The van der Waals surface area contributed by atoms with Gasteiger partial charge in [-0.2, -0.15) is 0 Å². The van der Waals surface area contributed by atoms with Gasteiger partial charge in [-0.1, -0.05) is 30.7 Å². The van der Waals surface area contributed by atoms with Crippen LogP contribution in [0.2, 0.25) is 5.02 Å². The minimum Gasteiger partial charge on any atom is -0.451 e. The normalized spacial score (nSPS) is 10.3. The van der Waals surface area contributed by atoms with Crippen LogP contribution in [0.5, 0.6) is 0 Å². The average Bonchev–Trinajstić information content (AvgIpc) is 3.26. The van der Waals surface area contributed by atoms with Crippen molar-refractivity contribution in [2.24, 2.45) is 0 Å². The van der Waals surface area contributed by atoms with Crippen LogP contribution in [0, 0.1) is 10.1 Å². The maximum atomic E-state index is 12.5. The van der Waals surface area contributed by atoms with E-state index in [9.17, 15) is 19.7 Å². The first kappa shape index (κ1) is 22.9. The summed E-state index contributed by atoms with van der Waals surface area (Å²) < 4.78 is 5.49. The summed E-state index contributed by atoms with van der Waals surface area (Å²) in [5.41, 5.74) is 0.995. The summed E-state index contributed by atoms with van der Waals surface area (Å²) in [5.74, 6) is -0.735. The zero-order valence-corrected chi connectivity index (χ0v) is 18.3. The van der Waals surface area contributed by atoms with Gasteiger partial charge in [0.15, 0.2) is 10.9 Å². The third kappa shape index (κ3) is 5.48. The number of nitrogens with one attached hydrogen (secondary N) is 3. The second kappa shape index (κ2) is 10.0. The van der Waals surface area contributed by atoms with Crippen molar-refractivity contribution in [1.29, 1.82) is 0 Å². The van der Waals surface area contributed by atoms with Crippen molar-refractivity contribution in [2.75, 3.05) is 10.6 Å². The average molecular weight is 473 g/mol. The number of halogens is 1. The van der Waals surface area contributed by atoms with Crippen molar-refractivity contribution in [2.45, 2.75) is 13.3 Å². The molecule has 0 bridgehead atoms. The maximum absolute atomic E-state index is 12.5. The fourth-order valence-electron chi connectivity index (χ4n) is 2.71. The van der Waals surface area contributed by atoms with E-state index in [2.05, 4.69) is 16.0 Å². The third-order valence-corrected chi connectivity index (χ3v) is 4.78. The Kier molecular flexibility index (Phi) is 7.18. The Labute approximate surface area is 192 Å². The van der Waals surface area contributed by atoms with Crippen LogP contribution < -0.4 is 16.0 Å². The molecule has 0 saturated heterocycles. The number of thiocarbonyl (C=S) groups is 1. The smallest absolute Gasteiger partial charge is 0.293 e. The number of furan rings is 1. The first-order valence-electron chi connectivity index (χ1n) is 9.34. The number of carbonyl (C=O) groups excluding carboxylic acids is 2. The molecule has 0 radical (unpaired) electrons. The Morgan fingerprint density at radius 1 is 1.12 bits per heavy atom. The van der Waals surface area contributed by atoms with E-state index in [1.807, 2.05) is 0 Å². The Morgan fingerprint density at radius 3 is 2.59 bits per heavy atom. The number of nitro benzene ring substituents is 1. The number of nitrogens with zero attached hydrogens (tertiary/aromatic N) is 1. The molecule has 9 nitrogen and oxygen atoms in total. The van der Waals surface area contributed by atoms with Gasteiger partial charge in [-0.25, -0.2) is 0 Å². The molecule has 0 saturated carbocycles. The van der Waals surface area contributed by atoms with Gasteiger partial charge in [-0.05, 0) is 48.6 Å². The molecule has 3 N–H and O–H groups in total. The third-order valence-electron chi connectivity index (χ3n) is 4.24. The number of benzene rings is 2. The molecule has 1 aromatic heterocycles. The van der Waals surface area contributed by atoms with Gasteiger partial charge in [0.2, 0.25) is 5.91 Å². The summed E-state index contributed by atoms with van der Waals surface area (Å²) in [6.07, 6.45) is 0.317. The molecule has 2 amide bonds. The summed E-state index contributed by atoms with van der Waals surface area (Å²) in [6.45, 7) is 1.73. The highest BCUT2D eigenvalue weighted by atomic mass is 35.5. The minimum absolute atomic E-state index is 0.0560. The van der Waals surface area contributed by atoms with E-state index in [4.69, 9.17) is 28.2 Å². The van der Waals surface area contributed by atoms with Crippen LogP contribution in [0.3, 0.4) is 0 Å². The van der Waals surface area contributed by atoms with Crippen molar-refractivity contribution in [3.63, 3.8) is 0 Å². The van der Waals surface area contributed by atoms with Gasteiger partial charge in [-0.15, -0.1) is 0 Å². The molecule has 0 aliphatic rings. The Morgan fingerprint density at radius 2 is 1.88 bits per heavy atom. The van der Waals surface area contributed by atoms with Crippen LogP contribution in [0.25, 0.3) is 11.3 Å². The fourth-order valence-corrected chi connectivity index (χ4v) is 3.08. The highest BCUT2D eigenvalue weighted by Gasteiger charge is 2.20. The van der Waals surface area contributed by atoms with Gasteiger partial charge < -0.3 is 15.1 Å². The van der Waals surface area contributed by atoms with E-state index in [-0.39, 0.29) is 33.8 Å². The van der Waals surface area contributed by atoms with E-state index in [0.29, 0.717) is 22.8 Å². The lowest BCUT2D eigenvalue weighted by Crippen LogP contribution is -2.34. The van der Waals surface area contributed by atoms with Crippen LogP contribution in [0.1, 0.15) is 23.9 Å². The molecule has 3 rings (SSSR count). The second-order valence-corrected chi connectivity index (χ2v) is 7.26. The van der Waals surface area contributed by atoms with Crippen LogP contribution >= 0.6 is 23.8 Å². The molecule has 1 heterocycles. The lowest BCUT2D eigenvalue weighted by Gasteiger charge is -2.12. The molecule has 164 valence electrons. The van der Waals surface area contributed by atoms with Crippen LogP contribution in [-0.4, -0.2) is 21.9 Å². The van der Waals surface area contributed by atoms with Gasteiger partial charge in [0.1, 0.15) is 5.76 Å². The largest absolute Gasteiger partial charge is 0.451 e. The van der Waals surface area contributed by atoms with Crippen molar-refractivity contribution in [1.82, 2.24) is 5.32 Å². The standard InChI is InChI=1S/C21H17ClN4O5S/c1-2-19(27)23-12-7-8-14(22)15(11-12)24-21(32)25-20(28)18-10-9-17(31-18)13-5-3-4-6-16(13)26(29)30/h3-11H,2H2,1H3,(H,23,27)(H2,24,25,28,32).